The highest BCUT2D eigenvalue weighted by Gasteiger charge is 2.22. The van der Waals surface area contributed by atoms with E-state index in [0.29, 0.717) is 5.02 Å². The third kappa shape index (κ3) is 4.34. The van der Waals surface area contributed by atoms with Gasteiger partial charge in [-0.1, -0.05) is 41.9 Å². The largest absolute Gasteiger partial charge is 0.480 e. The van der Waals surface area contributed by atoms with Gasteiger partial charge in [-0.15, -0.1) is 0 Å². The van der Waals surface area contributed by atoms with E-state index in [1.165, 1.54) is 0 Å². The number of hydrogen-bond acceptors (Lipinski definition) is 3. The Hall–Kier alpha value is -2.99. The summed E-state index contributed by atoms with van der Waals surface area (Å²) in [5.41, 5.74) is 2.48. The number of benzene rings is 2. The second-order valence-electron chi connectivity index (χ2n) is 5.80. The number of para-hydroxylation sites is 1. The molecule has 1 heterocycles. The minimum absolute atomic E-state index is 0.0302. The quantitative estimate of drug-likeness (QED) is 0.614. The predicted molar refractivity (Wildman–Crippen MR) is 98.2 cm³/mol. The number of hydrogen-bond donors (Lipinski definition) is 3. The molecule has 0 aliphatic heterocycles. The van der Waals surface area contributed by atoms with E-state index in [1.807, 2.05) is 24.3 Å². The molecule has 2 aromatic carbocycles. The molecule has 0 bridgehead atoms. The first-order chi connectivity index (χ1) is 12.5. The van der Waals surface area contributed by atoms with E-state index in [9.17, 15) is 14.7 Å². The van der Waals surface area contributed by atoms with Gasteiger partial charge in [-0.2, -0.15) is 0 Å². The predicted octanol–water partition coefficient (Wildman–Crippen LogP) is 3.74. The van der Waals surface area contributed by atoms with Crippen LogP contribution in [0.1, 0.15) is 11.1 Å². The summed E-state index contributed by atoms with van der Waals surface area (Å²) in [5, 5.41) is 13.3. The first-order valence-electron chi connectivity index (χ1n) is 7.98. The molecule has 3 aromatic rings. The lowest BCUT2D eigenvalue weighted by atomic mass is 10.1. The van der Waals surface area contributed by atoms with Crippen molar-refractivity contribution < 1.29 is 19.4 Å². The molecule has 134 valence electrons. The number of H-pyrrole nitrogens is 1. The molecule has 0 aliphatic rings. The molecule has 3 N–H and O–H groups in total. The van der Waals surface area contributed by atoms with Gasteiger partial charge in [0, 0.05) is 28.5 Å². The van der Waals surface area contributed by atoms with Gasteiger partial charge in [0.05, 0.1) is 0 Å². The minimum Gasteiger partial charge on any atom is -0.480 e. The summed E-state index contributed by atoms with van der Waals surface area (Å²) in [5.74, 6) is -1.13. The molecule has 0 radical (unpaired) electrons. The fourth-order valence-electron chi connectivity index (χ4n) is 2.63. The molecule has 1 amide bonds. The topological polar surface area (TPSA) is 91.4 Å². The Bertz CT molecular complexity index is 921. The van der Waals surface area contributed by atoms with Crippen molar-refractivity contribution in [3.63, 3.8) is 0 Å². The molecular formula is C19H17ClN2O4. The smallest absolute Gasteiger partial charge is 0.408 e. The van der Waals surface area contributed by atoms with Crippen molar-refractivity contribution in [2.45, 2.75) is 19.1 Å². The van der Waals surface area contributed by atoms with Crippen LogP contribution in [-0.4, -0.2) is 28.2 Å². The van der Waals surface area contributed by atoms with E-state index in [2.05, 4.69) is 10.3 Å². The lowest BCUT2D eigenvalue weighted by Crippen LogP contribution is -2.42. The summed E-state index contributed by atoms with van der Waals surface area (Å²) in [6.07, 6.45) is 1.11. The molecule has 6 nitrogen and oxygen atoms in total. The van der Waals surface area contributed by atoms with Crippen LogP contribution >= 0.6 is 11.6 Å². The number of rotatable bonds is 6. The Morgan fingerprint density at radius 1 is 1.15 bits per heavy atom. The third-order valence-corrected chi connectivity index (χ3v) is 4.22. The average Bonchev–Trinajstić information content (AvgIpc) is 3.04. The standard InChI is InChI=1S/C19H17ClN2O4/c20-14-7-5-12(6-8-14)11-26-19(25)22-17(18(23)24)9-13-10-21-16-4-2-1-3-15(13)16/h1-8,10,17,21H,9,11H2,(H,22,25)(H,23,24)/t17-/m0/s1. The SMILES string of the molecule is O=C(N[C@@H](Cc1c[nH]c2ccccc12)C(=O)O)OCc1ccc(Cl)cc1. The maximum Gasteiger partial charge on any atom is 0.408 e. The summed E-state index contributed by atoms with van der Waals surface area (Å²) < 4.78 is 5.09. The summed E-state index contributed by atoms with van der Waals surface area (Å²) in [6.45, 7) is 0.0302. The van der Waals surface area contributed by atoms with Crippen molar-refractivity contribution in [3.8, 4) is 0 Å². The van der Waals surface area contributed by atoms with Crippen molar-refractivity contribution >= 4 is 34.6 Å². The number of carboxylic acids is 1. The summed E-state index contributed by atoms with van der Waals surface area (Å²) in [4.78, 5) is 26.6. The number of carbonyl (C=O) groups excluding carboxylic acids is 1. The number of amides is 1. The highest BCUT2D eigenvalue weighted by Crippen LogP contribution is 2.19. The van der Waals surface area contributed by atoms with Crippen LogP contribution in [0.4, 0.5) is 4.79 Å². The average molecular weight is 373 g/mol. The van der Waals surface area contributed by atoms with E-state index in [0.717, 1.165) is 22.0 Å². The van der Waals surface area contributed by atoms with Crippen LogP contribution in [0.5, 0.6) is 0 Å². The van der Waals surface area contributed by atoms with Gasteiger partial charge < -0.3 is 20.1 Å². The molecule has 0 aliphatic carbocycles. The Morgan fingerprint density at radius 3 is 2.62 bits per heavy atom. The van der Waals surface area contributed by atoms with Crippen molar-refractivity contribution in [2.24, 2.45) is 0 Å². The second kappa shape index (κ2) is 7.93. The molecule has 3 rings (SSSR count). The Kier molecular flexibility index (Phi) is 5.43. The van der Waals surface area contributed by atoms with E-state index in [4.69, 9.17) is 16.3 Å². The summed E-state index contributed by atoms with van der Waals surface area (Å²) in [6, 6.07) is 13.3. The molecule has 26 heavy (non-hydrogen) atoms. The minimum atomic E-state index is -1.13. The van der Waals surface area contributed by atoms with Crippen LogP contribution in [0, 0.1) is 0 Å². The van der Waals surface area contributed by atoms with Gasteiger partial charge >= 0.3 is 12.1 Å². The van der Waals surface area contributed by atoms with Gasteiger partial charge in [0.1, 0.15) is 12.6 Å². The van der Waals surface area contributed by atoms with E-state index in [-0.39, 0.29) is 13.0 Å². The second-order valence-corrected chi connectivity index (χ2v) is 6.24. The number of nitrogens with one attached hydrogen (secondary N) is 2. The van der Waals surface area contributed by atoms with Crippen LogP contribution in [0.25, 0.3) is 10.9 Å². The number of alkyl carbamates (subject to hydrolysis) is 1. The molecular weight excluding hydrogens is 356 g/mol. The Labute approximate surface area is 154 Å². The van der Waals surface area contributed by atoms with E-state index < -0.39 is 18.1 Å². The van der Waals surface area contributed by atoms with Gasteiger partial charge in [-0.05, 0) is 29.3 Å². The van der Waals surface area contributed by atoms with Gasteiger partial charge in [-0.3, -0.25) is 0 Å². The number of aromatic nitrogens is 1. The van der Waals surface area contributed by atoms with Gasteiger partial charge in [0.25, 0.3) is 0 Å². The van der Waals surface area contributed by atoms with Crippen molar-refractivity contribution in [2.75, 3.05) is 0 Å². The highest BCUT2D eigenvalue weighted by atomic mass is 35.5. The van der Waals surface area contributed by atoms with Crippen LogP contribution in [0.2, 0.25) is 5.02 Å². The summed E-state index contributed by atoms with van der Waals surface area (Å²) in [7, 11) is 0. The van der Waals surface area contributed by atoms with E-state index in [1.54, 1.807) is 30.5 Å². The van der Waals surface area contributed by atoms with Gasteiger partial charge in [0.15, 0.2) is 0 Å². The zero-order valence-corrected chi connectivity index (χ0v) is 14.5. The number of ether oxygens (including phenoxy) is 1. The van der Waals surface area contributed by atoms with Crippen LogP contribution in [-0.2, 0) is 22.6 Å². The first-order valence-corrected chi connectivity index (χ1v) is 8.36. The van der Waals surface area contributed by atoms with Crippen molar-refractivity contribution in [3.05, 3.63) is 70.9 Å². The molecule has 0 fully saturated rings. The zero-order valence-electron chi connectivity index (χ0n) is 13.7. The Morgan fingerprint density at radius 2 is 1.88 bits per heavy atom. The number of fused-ring (bicyclic) bond motifs is 1. The molecule has 1 atom stereocenters. The van der Waals surface area contributed by atoms with E-state index >= 15 is 0 Å². The fourth-order valence-corrected chi connectivity index (χ4v) is 2.76. The number of aromatic amines is 1. The molecule has 0 saturated heterocycles. The lowest BCUT2D eigenvalue weighted by molar-refractivity contribution is -0.139. The normalized spacial score (nSPS) is 11.9. The fraction of sp³-hybridized carbons (Fsp3) is 0.158. The molecule has 0 spiro atoms. The maximum absolute atomic E-state index is 12.0. The first kappa shape index (κ1) is 17.8. The highest BCUT2D eigenvalue weighted by molar-refractivity contribution is 6.30. The lowest BCUT2D eigenvalue weighted by Gasteiger charge is -2.14. The molecule has 7 heteroatoms. The number of halogens is 1. The number of aliphatic carboxylic acids is 1. The third-order valence-electron chi connectivity index (χ3n) is 3.97. The van der Waals surface area contributed by atoms with Gasteiger partial charge in [0.2, 0.25) is 0 Å². The number of carbonyl (C=O) groups is 2. The molecule has 1 aromatic heterocycles. The van der Waals surface area contributed by atoms with Crippen LogP contribution in [0.3, 0.4) is 0 Å². The van der Waals surface area contributed by atoms with Crippen LogP contribution in [0.15, 0.2) is 54.7 Å². The van der Waals surface area contributed by atoms with Crippen LogP contribution < -0.4 is 5.32 Å². The maximum atomic E-state index is 12.0. The monoisotopic (exact) mass is 372 g/mol. The van der Waals surface area contributed by atoms with Gasteiger partial charge in [-0.25, -0.2) is 9.59 Å². The number of carboxylic acid groups (broad SMARTS) is 1. The molecule has 0 saturated carbocycles. The molecule has 0 unspecified atom stereocenters. The Balaban J connectivity index is 1.62. The van der Waals surface area contributed by atoms with Crippen molar-refractivity contribution in [1.29, 1.82) is 0 Å². The zero-order chi connectivity index (χ0) is 18.5. The van der Waals surface area contributed by atoms with Crippen molar-refractivity contribution in [1.82, 2.24) is 10.3 Å². The summed E-state index contributed by atoms with van der Waals surface area (Å²) >= 11 is 5.80.